The van der Waals surface area contributed by atoms with Crippen LogP contribution in [0.5, 0.6) is 0 Å². The molecule has 1 fully saturated rings. The topological polar surface area (TPSA) is 34.1 Å². The number of hydrogen-bond donors (Lipinski definition) is 0. The standard InChI is InChI=1S/C15H24O2/c1-3-4-5-6-9-15(12-17)10-7-8-14(15)13(2)11-16/h3-4,11-14H,5-10H2,1-2H3/b4-3+/t13-,14+,15-/m1/s1. The minimum Gasteiger partial charge on any atom is -0.303 e. The predicted octanol–water partition coefficient (Wildman–Crippen LogP) is 3.55. The molecule has 0 bridgehead atoms. The summed E-state index contributed by atoms with van der Waals surface area (Å²) < 4.78 is 0. The van der Waals surface area contributed by atoms with E-state index in [1.807, 2.05) is 19.9 Å². The highest BCUT2D eigenvalue weighted by atomic mass is 16.1. The normalized spacial score (nSPS) is 30.6. The van der Waals surface area contributed by atoms with Gasteiger partial charge in [-0.2, -0.15) is 0 Å². The molecule has 2 heteroatoms. The maximum atomic E-state index is 11.5. The fourth-order valence-electron chi connectivity index (χ4n) is 3.24. The van der Waals surface area contributed by atoms with Crippen LogP contribution in [-0.4, -0.2) is 12.6 Å². The molecule has 0 amide bonds. The SMILES string of the molecule is C/C=C/CCC[C@]1(C=O)CCC[C@H]1[C@H](C)C=O. The van der Waals surface area contributed by atoms with Gasteiger partial charge in [-0.05, 0) is 44.9 Å². The summed E-state index contributed by atoms with van der Waals surface area (Å²) in [6.07, 6.45) is 12.5. The van der Waals surface area contributed by atoms with Crippen molar-refractivity contribution in [2.24, 2.45) is 17.3 Å². The van der Waals surface area contributed by atoms with Gasteiger partial charge in [0.1, 0.15) is 12.6 Å². The number of rotatable bonds is 7. The van der Waals surface area contributed by atoms with E-state index in [0.717, 1.165) is 51.1 Å². The molecule has 0 aromatic heterocycles. The van der Waals surface area contributed by atoms with Gasteiger partial charge in [0.15, 0.2) is 0 Å². The second-order valence-electron chi connectivity index (χ2n) is 5.31. The van der Waals surface area contributed by atoms with Crippen molar-refractivity contribution in [1.29, 1.82) is 0 Å². The van der Waals surface area contributed by atoms with Gasteiger partial charge in [-0.3, -0.25) is 0 Å². The van der Waals surface area contributed by atoms with Gasteiger partial charge in [0, 0.05) is 11.3 Å². The van der Waals surface area contributed by atoms with Crippen LogP contribution in [0, 0.1) is 17.3 Å². The molecule has 1 aliphatic carbocycles. The number of unbranched alkanes of at least 4 members (excludes halogenated alkanes) is 1. The van der Waals surface area contributed by atoms with Crippen molar-refractivity contribution >= 4 is 12.6 Å². The van der Waals surface area contributed by atoms with Gasteiger partial charge < -0.3 is 9.59 Å². The fraction of sp³-hybridized carbons (Fsp3) is 0.733. The summed E-state index contributed by atoms with van der Waals surface area (Å²) in [7, 11) is 0. The second kappa shape index (κ2) is 6.73. The van der Waals surface area contributed by atoms with E-state index >= 15 is 0 Å². The molecular formula is C15H24O2. The highest BCUT2D eigenvalue weighted by Gasteiger charge is 2.44. The lowest BCUT2D eigenvalue weighted by Crippen LogP contribution is -2.32. The third-order valence-electron chi connectivity index (χ3n) is 4.23. The molecule has 1 rings (SSSR count). The van der Waals surface area contributed by atoms with E-state index < -0.39 is 0 Å². The summed E-state index contributed by atoms with van der Waals surface area (Å²) in [5.41, 5.74) is -0.220. The Labute approximate surface area is 104 Å². The van der Waals surface area contributed by atoms with Crippen LogP contribution in [0.4, 0.5) is 0 Å². The lowest BCUT2D eigenvalue weighted by atomic mass is 9.70. The van der Waals surface area contributed by atoms with E-state index in [1.54, 1.807) is 0 Å². The van der Waals surface area contributed by atoms with E-state index in [9.17, 15) is 9.59 Å². The van der Waals surface area contributed by atoms with Crippen LogP contribution < -0.4 is 0 Å². The minimum absolute atomic E-state index is 0.0180. The largest absolute Gasteiger partial charge is 0.303 e. The van der Waals surface area contributed by atoms with Gasteiger partial charge >= 0.3 is 0 Å². The molecule has 0 radical (unpaired) electrons. The van der Waals surface area contributed by atoms with Crippen molar-refractivity contribution in [3.05, 3.63) is 12.2 Å². The van der Waals surface area contributed by atoms with E-state index in [0.29, 0.717) is 0 Å². The molecule has 0 aromatic rings. The first-order chi connectivity index (χ1) is 8.20. The Morgan fingerprint density at radius 3 is 2.76 bits per heavy atom. The Hall–Kier alpha value is -0.920. The maximum Gasteiger partial charge on any atom is 0.126 e. The number of carbonyl (C=O) groups excluding carboxylic acids is 2. The molecule has 0 aromatic carbocycles. The van der Waals surface area contributed by atoms with Crippen LogP contribution in [0.3, 0.4) is 0 Å². The zero-order valence-electron chi connectivity index (χ0n) is 11.0. The van der Waals surface area contributed by atoms with Gasteiger partial charge in [-0.1, -0.05) is 25.5 Å². The molecule has 0 aliphatic heterocycles. The summed E-state index contributed by atoms with van der Waals surface area (Å²) in [6, 6.07) is 0. The average molecular weight is 236 g/mol. The van der Waals surface area contributed by atoms with Crippen molar-refractivity contribution in [1.82, 2.24) is 0 Å². The van der Waals surface area contributed by atoms with Gasteiger partial charge in [-0.25, -0.2) is 0 Å². The quantitative estimate of drug-likeness (QED) is 0.385. The van der Waals surface area contributed by atoms with Crippen LogP contribution >= 0.6 is 0 Å². The Bertz CT molecular complexity index is 283. The first-order valence-electron chi connectivity index (χ1n) is 6.73. The highest BCUT2D eigenvalue weighted by molar-refractivity contribution is 5.63. The minimum atomic E-state index is -0.220. The van der Waals surface area contributed by atoms with Gasteiger partial charge in [0.25, 0.3) is 0 Å². The maximum absolute atomic E-state index is 11.5. The monoisotopic (exact) mass is 236 g/mol. The molecule has 2 nitrogen and oxygen atoms in total. The number of allylic oxidation sites excluding steroid dienone is 2. The molecule has 1 saturated carbocycles. The highest BCUT2D eigenvalue weighted by Crippen LogP contribution is 2.48. The van der Waals surface area contributed by atoms with Crippen LogP contribution in [0.25, 0.3) is 0 Å². The Morgan fingerprint density at radius 2 is 2.18 bits per heavy atom. The third kappa shape index (κ3) is 3.27. The number of aldehydes is 2. The summed E-state index contributed by atoms with van der Waals surface area (Å²) in [6.45, 7) is 3.97. The van der Waals surface area contributed by atoms with Crippen LogP contribution in [-0.2, 0) is 9.59 Å². The second-order valence-corrected chi connectivity index (χ2v) is 5.31. The number of carbonyl (C=O) groups is 2. The molecule has 0 saturated heterocycles. The molecule has 1 aliphatic rings. The third-order valence-corrected chi connectivity index (χ3v) is 4.23. The van der Waals surface area contributed by atoms with Crippen LogP contribution in [0.1, 0.15) is 52.4 Å². The Kier molecular flexibility index (Phi) is 5.60. The van der Waals surface area contributed by atoms with Gasteiger partial charge in [0.05, 0.1) is 0 Å². The molecule has 0 unspecified atom stereocenters. The molecule has 0 heterocycles. The van der Waals surface area contributed by atoms with Crippen molar-refractivity contribution in [2.45, 2.75) is 52.4 Å². The number of hydrogen-bond acceptors (Lipinski definition) is 2. The first-order valence-corrected chi connectivity index (χ1v) is 6.73. The summed E-state index contributed by atoms with van der Waals surface area (Å²) in [5.74, 6) is 0.285. The van der Waals surface area contributed by atoms with E-state index in [2.05, 4.69) is 6.08 Å². The first kappa shape index (κ1) is 14.1. The Morgan fingerprint density at radius 1 is 1.41 bits per heavy atom. The predicted molar refractivity (Wildman–Crippen MR) is 69.7 cm³/mol. The smallest absolute Gasteiger partial charge is 0.126 e. The van der Waals surface area contributed by atoms with E-state index in [-0.39, 0.29) is 17.3 Å². The fourth-order valence-corrected chi connectivity index (χ4v) is 3.24. The molecular weight excluding hydrogens is 212 g/mol. The molecule has 0 spiro atoms. The van der Waals surface area contributed by atoms with Crippen molar-refractivity contribution in [3.63, 3.8) is 0 Å². The van der Waals surface area contributed by atoms with E-state index in [1.165, 1.54) is 0 Å². The van der Waals surface area contributed by atoms with Gasteiger partial charge in [0.2, 0.25) is 0 Å². The lowest BCUT2D eigenvalue weighted by Gasteiger charge is -2.32. The zero-order chi connectivity index (χ0) is 12.7. The van der Waals surface area contributed by atoms with E-state index in [4.69, 9.17) is 0 Å². The lowest BCUT2D eigenvalue weighted by molar-refractivity contribution is -0.121. The van der Waals surface area contributed by atoms with Crippen LogP contribution in [0.15, 0.2) is 12.2 Å². The molecule has 17 heavy (non-hydrogen) atoms. The summed E-state index contributed by atoms with van der Waals surface area (Å²) >= 11 is 0. The summed E-state index contributed by atoms with van der Waals surface area (Å²) in [5, 5.41) is 0. The average Bonchev–Trinajstić information content (AvgIpc) is 2.78. The van der Waals surface area contributed by atoms with Crippen molar-refractivity contribution in [3.8, 4) is 0 Å². The molecule has 3 atom stereocenters. The zero-order valence-corrected chi connectivity index (χ0v) is 11.0. The van der Waals surface area contributed by atoms with Crippen molar-refractivity contribution < 1.29 is 9.59 Å². The van der Waals surface area contributed by atoms with Crippen LogP contribution in [0.2, 0.25) is 0 Å². The molecule has 96 valence electrons. The van der Waals surface area contributed by atoms with Crippen molar-refractivity contribution in [2.75, 3.05) is 0 Å². The summed E-state index contributed by atoms with van der Waals surface area (Å²) in [4.78, 5) is 22.4. The van der Waals surface area contributed by atoms with Gasteiger partial charge in [-0.15, -0.1) is 0 Å². The Balaban J connectivity index is 2.64. The molecule has 0 N–H and O–H groups in total.